The Morgan fingerprint density at radius 3 is 2.44 bits per heavy atom. The van der Waals surface area contributed by atoms with Crippen LogP contribution in [0.2, 0.25) is 5.02 Å². The number of anilines is 2. The second-order valence-corrected chi connectivity index (χ2v) is 8.51. The number of carbonyl (C=O) groups excluding carboxylic acids is 2. The number of nitrogens with zero attached hydrogens (tertiary/aromatic N) is 2. The summed E-state index contributed by atoms with van der Waals surface area (Å²) in [5, 5.41) is 6.83. The third-order valence-electron chi connectivity index (χ3n) is 5.82. The number of hydrogen-bond acceptors (Lipinski definition) is 5. The molecule has 0 aliphatic heterocycles. The molecule has 2 aromatic heterocycles. The molecule has 0 unspecified atom stereocenters. The van der Waals surface area contributed by atoms with E-state index in [1.165, 1.54) is 6.20 Å². The fourth-order valence-corrected chi connectivity index (χ4v) is 4.14. The number of hydrogen-bond donors (Lipinski definition) is 2. The Hall–Kier alpha value is -2.61. The molecule has 2 amide bonds. The van der Waals surface area contributed by atoms with E-state index >= 15 is 0 Å². The Kier molecular flexibility index (Phi) is 7.77. The fourth-order valence-electron chi connectivity index (χ4n) is 4.03. The predicted octanol–water partition coefficient (Wildman–Crippen LogP) is 5.21. The number of carbonyl (C=O) groups is 2. The van der Waals surface area contributed by atoms with E-state index in [1.807, 2.05) is 18.2 Å². The number of halogens is 2. The lowest BCUT2D eigenvalue weighted by molar-refractivity contribution is -0.121. The van der Waals surface area contributed by atoms with Gasteiger partial charge in [-0.05, 0) is 64.0 Å². The molecule has 0 saturated heterocycles. The Bertz CT molecular complexity index is 1090. The van der Waals surface area contributed by atoms with Crippen molar-refractivity contribution in [3.8, 4) is 0 Å². The summed E-state index contributed by atoms with van der Waals surface area (Å²) in [5.74, 6) is -0.263. The molecule has 3 aromatic rings. The van der Waals surface area contributed by atoms with Crippen LogP contribution < -0.4 is 10.6 Å². The predicted molar refractivity (Wildman–Crippen MR) is 129 cm³/mol. The number of para-hydroxylation sites is 1. The smallest absolute Gasteiger partial charge is 0.294 e. The second kappa shape index (κ2) is 10.3. The topological polar surface area (TPSA) is 87.5 Å². The molecule has 7 nitrogen and oxygen atoms in total. The van der Waals surface area contributed by atoms with E-state index in [0.29, 0.717) is 33.5 Å². The summed E-state index contributed by atoms with van der Waals surface area (Å²) in [6.45, 7) is 0. The average molecular weight is 477 g/mol. The SMILES string of the molecule is CN(C)[C@H]1CC[C@H](C(=O)Nc2c(C(=O)Nc3ccc(Cl)cn3)oc3ccccc23)CC1.Cl. The van der Waals surface area contributed by atoms with Gasteiger partial charge in [-0.1, -0.05) is 23.7 Å². The van der Waals surface area contributed by atoms with Crippen LogP contribution in [0.3, 0.4) is 0 Å². The molecule has 1 aromatic carbocycles. The third-order valence-corrected chi connectivity index (χ3v) is 6.04. The number of amides is 2. The minimum absolute atomic E-state index is 0. The normalized spacial score (nSPS) is 18.2. The quantitative estimate of drug-likeness (QED) is 0.527. The van der Waals surface area contributed by atoms with Crippen molar-refractivity contribution in [2.24, 2.45) is 5.92 Å². The first-order chi connectivity index (χ1) is 14.9. The first-order valence-electron chi connectivity index (χ1n) is 10.3. The van der Waals surface area contributed by atoms with Gasteiger partial charge in [0.2, 0.25) is 11.7 Å². The van der Waals surface area contributed by atoms with Crippen LogP contribution >= 0.6 is 24.0 Å². The minimum Gasteiger partial charge on any atom is -0.449 e. The number of rotatable bonds is 5. The van der Waals surface area contributed by atoms with E-state index in [2.05, 4.69) is 34.6 Å². The molecular weight excluding hydrogens is 451 g/mol. The molecule has 0 radical (unpaired) electrons. The molecule has 2 N–H and O–H groups in total. The zero-order chi connectivity index (χ0) is 22.0. The molecule has 0 spiro atoms. The number of furan rings is 1. The number of aromatic nitrogens is 1. The van der Waals surface area contributed by atoms with Gasteiger partial charge in [0.1, 0.15) is 17.1 Å². The highest BCUT2D eigenvalue weighted by Gasteiger charge is 2.29. The van der Waals surface area contributed by atoms with Gasteiger partial charge >= 0.3 is 0 Å². The van der Waals surface area contributed by atoms with Crippen molar-refractivity contribution in [1.82, 2.24) is 9.88 Å². The summed E-state index contributed by atoms with van der Waals surface area (Å²) in [4.78, 5) is 32.3. The molecule has 0 atom stereocenters. The molecule has 9 heteroatoms. The third kappa shape index (κ3) is 5.23. The van der Waals surface area contributed by atoms with Gasteiger partial charge < -0.3 is 20.0 Å². The zero-order valence-electron chi connectivity index (χ0n) is 17.9. The Morgan fingerprint density at radius 1 is 1.06 bits per heavy atom. The Labute approximate surface area is 197 Å². The lowest BCUT2D eigenvalue weighted by Crippen LogP contribution is -2.35. The monoisotopic (exact) mass is 476 g/mol. The van der Waals surface area contributed by atoms with Crippen molar-refractivity contribution in [3.63, 3.8) is 0 Å². The molecule has 170 valence electrons. The molecule has 2 heterocycles. The summed E-state index contributed by atoms with van der Waals surface area (Å²) in [5.41, 5.74) is 0.921. The summed E-state index contributed by atoms with van der Waals surface area (Å²) >= 11 is 5.86. The zero-order valence-corrected chi connectivity index (χ0v) is 19.5. The van der Waals surface area contributed by atoms with Crippen molar-refractivity contribution in [1.29, 1.82) is 0 Å². The van der Waals surface area contributed by atoms with Crippen LogP contribution in [0.25, 0.3) is 11.0 Å². The minimum atomic E-state index is -0.488. The summed E-state index contributed by atoms with van der Waals surface area (Å²) in [6.07, 6.45) is 5.05. The molecule has 0 bridgehead atoms. The van der Waals surface area contributed by atoms with Crippen LogP contribution in [0.15, 0.2) is 47.0 Å². The Balaban J connectivity index is 0.00000289. The van der Waals surface area contributed by atoms with Gasteiger partial charge in [0.25, 0.3) is 5.91 Å². The van der Waals surface area contributed by atoms with Gasteiger partial charge in [-0.2, -0.15) is 0 Å². The van der Waals surface area contributed by atoms with E-state index < -0.39 is 5.91 Å². The first kappa shape index (κ1) is 24.0. The fraction of sp³-hybridized carbons (Fsp3) is 0.348. The molecule has 1 fully saturated rings. The highest BCUT2D eigenvalue weighted by Crippen LogP contribution is 2.33. The van der Waals surface area contributed by atoms with Gasteiger partial charge in [-0.25, -0.2) is 4.98 Å². The van der Waals surface area contributed by atoms with Crippen LogP contribution in [0.4, 0.5) is 11.5 Å². The van der Waals surface area contributed by atoms with Crippen LogP contribution in [-0.2, 0) is 4.79 Å². The van der Waals surface area contributed by atoms with Gasteiger partial charge in [-0.15, -0.1) is 12.4 Å². The highest BCUT2D eigenvalue weighted by molar-refractivity contribution is 6.30. The van der Waals surface area contributed by atoms with Gasteiger partial charge in [0.15, 0.2) is 0 Å². The van der Waals surface area contributed by atoms with Crippen LogP contribution in [0, 0.1) is 5.92 Å². The van der Waals surface area contributed by atoms with E-state index in [9.17, 15) is 9.59 Å². The number of fused-ring (bicyclic) bond motifs is 1. The standard InChI is InChI=1S/C23H25ClN4O3.ClH/c1-28(2)16-10-7-14(8-11-16)22(29)27-20-17-5-3-4-6-18(17)31-21(20)23(30)26-19-12-9-15(24)13-25-19;/h3-6,9,12-14,16H,7-8,10-11H2,1-2H3,(H,27,29)(H,25,26,30);1H/t14-,16-;. The van der Waals surface area contributed by atoms with Crippen LogP contribution in [0.1, 0.15) is 36.2 Å². The van der Waals surface area contributed by atoms with Crippen molar-refractivity contribution in [2.45, 2.75) is 31.7 Å². The van der Waals surface area contributed by atoms with Gasteiger partial charge in [0.05, 0.1) is 5.02 Å². The lowest BCUT2D eigenvalue weighted by Gasteiger charge is -2.31. The largest absolute Gasteiger partial charge is 0.449 e. The van der Waals surface area contributed by atoms with Crippen LogP contribution in [-0.4, -0.2) is 41.8 Å². The molecule has 1 saturated carbocycles. The molecule has 32 heavy (non-hydrogen) atoms. The van der Waals surface area contributed by atoms with Gasteiger partial charge in [-0.3, -0.25) is 9.59 Å². The van der Waals surface area contributed by atoms with Crippen molar-refractivity contribution in [2.75, 3.05) is 24.7 Å². The van der Waals surface area contributed by atoms with E-state index in [-0.39, 0.29) is 30.0 Å². The van der Waals surface area contributed by atoms with Crippen molar-refractivity contribution >= 4 is 58.3 Å². The summed E-state index contributed by atoms with van der Waals surface area (Å²) in [6, 6.07) is 11.0. The van der Waals surface area contributed by atoms with Crippen LogP contribution in [0.5, 0.6) is 0 Å². The molecular formula is C23H26Cl2N4O3. The second-order valence-electron chi connectivity index (χ2n) is 8.08. The maximum atomic E-state index is 13.0. The van der Waals surface area contributed by atoms with E-state index in [1.54, 1.807) is 18.2 Å². The maximum absolute atomic E-state index is 13.0. The summed E-state index contributed by atoms with van der Waals surface area (Å²) < 4.78 is 5.81. The Morgan fingerprint density at radius 2 is 1.78 bits per heavy atom. The molecule has 4 rings (SSSR count). The van der Waals surface area contributed by atoms with Crippen molar-refractivity contribution < 1.29 is 14.0 Å². The molecule has 1 aliphatic rings. The van der Waals surface area contributed by atoms with E-state index in [4.69, 9.17) is 16.0 Å². The van der Waals surface area contributed by atoms with Crippen molar-refractivity contribution in [3.05, 3.63) is 53.4 Å². The summed E-state index contributed by atoms with van der Waals surface area (Å²) in [7, 11) is 4.15. The number of pyridine rings is 1. The number of benzene rings is 1. The molecule has 1 aliphatic carbocycles. The lowest BCUT2D eigenvalue weighted by atomic mass is 9.85. The van der Waals surface area contributed by atoms with Gasteiger partial charge in [0, 0.05) is 23.5 Å². The number of nitrogens with one attached hydrogen (secondary N) is 2. The van der Waals surface area contributed by atoms with E-state index in [0.717, 1.165) is 25.7 Å². The maximum Gasteiger partial charge on any atom is 0.294 e. The average Bonchev–Trinajstić information content (AvgIpc) is 3.14. The highest BCUT2D eigenvalue weighted by atomic mass is 35.5. The first-order valence-corrected chi connectivity index (χ1v) is 10.7.